The van der Waals surface area contributed by atoms with E-state index in [-0.39, 0.29) is 17.2 Å². The minimum Gasteiger partial charge on any atom is -0.378 e. The first-order chi connectivity index (χ1) is 14.2. The predicted octanol–water partition coefficient (Wildman–Crippen LogP) is 1.88. The molecule has 2 aromatic heterocycles. The lowest BCUT2D eigenvalue weighted by atomic mass is 10.1. The van der Waals surface area contributed by atoms with Crippen molar-refractivity contribution in [2.45, 2.75) is 12.5 Å². The first-order valence-corrected chi connectivity index (χ1v) is 9.91. The van der Waals surface area contributed by atoms with Gasteiger partial charge in [-0.05, 0) is 30.7 Å². The maximum Gasteiger partial charge on any atom is 0.268 e. The minimum atomic E-state index is -0.336. The van der Waals surface area contributed by atoms with Crippen LogP contribution >= 0.6 is 0 Å². The lowest BCUT2D eigenvalue weighted by Gasteiger charge is -2.29. The van der Waals surface area contributed by atoms with Crippen LogP contribution in [0, 0.1) is 11.3 Å². The normalized spacial score (nSPS) is 19.6. The number of morpholine rings is 1. The SMILES string of the molecule is N#Cc1c(N2CC[C@@H](n3cccn3)C2)c2cc(N3CCOCC3)ccc2[nH]c1=O. The van der Waals surface area contributed by atoms with Crippen LogP contribution in [0.3, 0.4) is 0 Å². The Bertz CT molecular complexity index is 1120. The molecule has 1 aromatic carbocycles. The molecular weight excluding hydrogens is 368 g/mol. The van der Waals surface area contributed by atoms with Crippen LogP contribution in [0.25, 0.3) is 10.9 Å². The van der Waals surface area contributed by atoms with E-state index in [9.17, 15) is 10.1 Å². The molecule has 1 N–H and O–H groups in total. The maximum absolute atomic E-state index is 12.6. The molecule has 8 nitrogen and oxygen atoms in total. The fourth-order valence-electron chi connectivity index (χ4n) is 4.37. The van der Waals surface area contributed by atoms with Crippen LogP contribution in [0.4, 0.5) is 11.4 Å². The zero-order valence-corrected chi connectivity index (χ0v) is 16.0. The largest absolute Gasteiger partial charge is 0.378 e. The van der Waals surface area contributed by atoms with Gasteiger partial charge in [-0.2, -0.15) is 10.4 Å². The third kappa shape index (κ3) is 3.13. The van der Waals surface area contributed by atoms with Gasteiger partial charge in [0.05, 0.1) is 30.5 Å². The quantitative estimate of drug-likeness (QED) is 0.734. The number of ether oxygens (including phenoxy) is 1. The van der Waals surface area contributed by atoms with E-state index >= 15 is 0 Å². The van der Waals surface area contributed by atoms with Crippen LogP contribution in [0.5, 0.6) is 0 Å². The summed E-state index contributed by atoms with van der Waals surface area (Å²) in [7, 11) is 0. The zero-order chi connectivity index (χ0) is 19.8. The van der Waals surface area contributed by atoms with Crippen LogP contribution in [-0.2, 0) is 4.74 Å². The van der Waals surface area contributed by atoms with Gasteiger partial charge >= 0.3 is 0 Å². The number of fused-ring (bicyclic) bond motifs is 1. The van der Waals surface area contributed by atoms with Gasteiger partial charge in [-0.15, -0.1) is 0 Å². The van der Waals surface area contributed by atoms with Gasteiger partial charge in [0.1, 0.15) is 11.6 Å². The van der Waals surface area contributed by atoms with Crippen LogP contribution in [0.1, 0.15) is 18.0 Å². The topological polar surface area (TPSA) is 90.2 Å². The molecule has 0 bridgehead atoms. The number of nitrogens with one attached hydrogen (secondary N) is 1. The second kappa shape index (κ2) is 7.26. The first kappa shape index (κ1) is 17.8. The number of aromatic nitrogens is 3. The highest BCUT2D eigenvalue weighted by Crippen LogP contribution is 2.35. The van der Waals surface area contributed by atoms with E-state index in [0.29, 0.717) is 13.2 Å². The predicted molar refractivity (Wildman–Crippen MR) is 110 cm³/mol. The van der Waals surface area contributed by atoms with Gasteiger partial charge in [-0.25, -0.2) is 0 Å². The fraction of sp³-hybridized carbons (Fsp3) is 0.381. The highest BCUT2D eigenvalue weighted by molar-refractivity contribution is 5.96. The molecule has 148 valence electrons. The van der Waals surface area contributed by atoms with Crippen molar-refractivity contribution in [2.75, 3.05) is 49.2 Å². The molecule has 2 aliphatic rings. The fourth-order valence-corrected chi connectivity index (χ4v) is 4.37. The van der Waals surface area contributed by atoms with Crippen molar-refractivity contribution in [2.24, 2.45) is 0 Å². The molecule has 2 aliphatic heterocycles. The lowest BCUT2D eigenvalue weighted by molar-refractivity contribution is 0.122. The van der Waals surface area contributed by atoms with Gasteiger partial charge in [0.2, 0.25) is 0 Å². The van der Waals surface area contributed by atoms with Gasteiger partial charge in [-0.3, -0.25) is 9.48 Å². The second-order valence-electron chi connectivity index (χ2n) is 7.49. The molecule has 0 aliphatic carbocycles. The number of anilines is 2. The molecule has 2 fully saturated rings. The van der Waals surface area contributed by atoms with E-state index in [1.807, 2.05) is 29.1 Å². The average Bonchev–Trinajstić information content (AvgIpc) is 3.45. The van der Waals surface area contributed by atoms with Gasteiger partial charge in [0.15, 0.2) is 0 Å². The number of hydrogen-bond donors (Lipinski definition) is 1. The minimum absolute atomic E-state index is 0.178. The Morgan fingerprint density at radius 3 is 2.83 bits per heavy atom. The molecular formula is C21H22N6O2. The van der Waals surface area contributed by atoms with Crippen molar-refractivity contribution in [3.05, 3.63) is 52.6 Å². The summed E-state index contributed by atoms with van der Waals surface area (Å²) >= 11 is 0. The zero-order valence-electron chi connectivity index (χ0n) is 16.0. The van der Waals surface area contributed by atoms with Crippen molar-refractivity contribution in [1.82, 2.24) is 14.8 Å². The van der Waals surface area contributed by atoms with Crippen LogP contribution in [-0.4, -0.2) is 54.2 Å². The van der Waals surface area contributed by atoms with Crippen LogP contribution in [0.15, 0.2) is 41.5 Å². The first-order valence-electron chi connectivity index (χ1n) is 9.91. The summed E-state index contributed by atoms with van der Waals surface area (Å²) < 4.78 is 7.42. The van der Waals surface area contributed by atoms with E-state index in [0.717, 1.165) is 54.9 Å². The highest BCUT2D eigenvalue weighted by Gasteiger charge is 2.28. The number of aromatic amines is 1. The van der Waals surface area contributed by atoms with E-state index in [1.165, 1.54) is 0 Å². The second-order valence-corrected chi connectivity index (χ2v) is 7.49. The summed E-state index contributed by atoms with van der Waals surface area (Å²) in [6.45, 7) is 4.58. The van der Waals surface area contributed by atoms with Crippen molar-refractivity contribution in [1.29, 1.82) is 5.26 Å². The van der Waals surface area contributed by atoms with Gasteiger partial charge in [-0.1, -0.05) is 0 Å². The molecule has 0 amide bonds. The number of nitriles is 1. The molecule has 3 aromatic rings. The number of pyridine rings is 1. The summed E-state index contributed by atoms with van der Waals surface area (Å²) in [6.07, 6.45) is 4.66. The average molecular weight is 390 g/mol. The summed E-state index contributed by atoms with van der Waals surface area (Å²) in [4.78, 5) is 19.9. The van der Waals surface area contributed by atoms with Gasteiger partial charge < -0.3 is 19.5 Å². The molecule has 8 heteroatoms. The molecule has 2 saturated heterocycles. The Labute approximate surface area is 167 Å². The summed E-state index contributed by atoms with van der Waals surface area (Å²) in [5.41, 5.74) is 2.41. The molecule has 4 heterocycles. The molecule has 29 heavy (non-hydrogen) atoms. The molecule has 0 spiro atoms. The van der Waals surface area contributed by atoms with Crippen molar-refractivity contribution < 1.29 is 4.74 Å². The monoisotopic (exact) mass is 390 g/mol. The third-order valence-corrected chi connectivity index (χ3v) is 5.84. The third-order valence-electron chi connectivity index (χ3n) is 5.84. The smallest absolute Gasteiger partial charge is 0.268 e. The number of rotatable bonds is 3. The summed E-state index contributed by atoms with van der Waals surface area (Å²) in [5.74, 6) is 0. The number of benzene rings is 1. The van der Waals surface area contributed by atoms with Crippen LogP contribution in [0.2, 0.25) is 0 Å². The van der Waals surface area contributed by atoms with E-state index < -0.39 is 0 Å². The van der Waals surface area contributed by atoms with Crippen molar-refractivity contribution in [3.8, 4) is 6.07 Å². The molecule has 5 rings (SSSR count). The molecule has 0 saturated carbocycles. The summed E-state index contributed by atoms with van der Waals surface area (Å²) in [5, 5.41) is 15.0. The van der Waals surface area contributed by atoms with Gasteiger partial charge in [0, 0.05) is 49.6 Å². The Hall–Kier alpha value is -3.31. The standard InChI is InChI=1S/C21H22N6O2/c22-13-18-20(26-7-4-16(14-26)27-6-1-5-23-27)17-12-15(25-8-10-29-11-9-25)2-3-19(17)24-21(18)28/h1-3,5-6,12,16H,4,7-11,14H2,(H,24,28)/t16-/m1/s1. The maximum atomic E-state index is 12.6. The molecule has 0 unspecified atom stereocenters. The number of hydrogen-bond acceptors (Lipinski definition) is 6. The Balaban J connectivity index is 1.60. The number of nitrogens with zero attached hydrogens (tertiary/aromatic N) is 5. The Morgan fingerprint density at radius 2 is 2.07 bits per heavy atom. The number of H-pyrrole nitrogens is 1. The van der Waals surface area contributed by atoms with E-state index in [2.05, 4.69) is 32.0 Å². The Morgan fingerprint density at radius 1 is 1.21 bits per heavy atom. The van der Waals surface area contributed by atoms with E-state index in [1.54, 1.807) is 6.20 Å². The highest BCUT2D eigenvalue weighted by atomic mass is 16.5. The van der Waals surface area contributed by atoms with Crippen LogP contribution < -0.4 is 15.4 Å². The summed E-state index contributed by atoms with van der Waals surface area (Å²) in [6, 6.07) is 10.3. The molecule has 0 radical (unpaired) electrons. The lowest BCUT2D eigenvalue weighted by Crippen LogP contribution is -2.36. The Kier molecular flexibility index (Phi) is 4.45. The molecule has 1 atom stereocenters. The van der Waals surface area contributed by atoms with E-state index in [4.69, 9.17) is 4.74 Å². The van der Waals surface area contributed by atoms with Gasteiger partial charge in [0.25, 0.3) is 5.56 Å². The van der Waals surface area contributed by atoms with Crippen molar-refractivity contribution in [3.63, 3.8) is 0 Å². The van der Waals surface area contributed by atoms with Crippen molar-refractivity contribution >= 4 is 22.3 Å².